The molecule has 0 fully saturated rings. The Kier molecular flexibility index (Phi) is 18.5. The van der Waals surface area contributed by atoms with Gasteiger partial charge in [0.25, 0.3) is 0 Å². The molecule has 0 bridgehead atoms. The Morgan fingerprint density at radius 1 is 0.500 bits per heavy atom. The van der Waals surface area contributed by atoms with Crippen molar-refractivity contribution in [1.82, 2.24) is 0 Å². The highest BCUT2D eigenvalue weighted by molar-refractivity contribution is 6.62. The first-order chi connectivity index (χ1) is 12.7. The molecule has 0 saturated heterocycles. The maximum absolute atomic E-state index is 6.24. The molecule has 0 aliphatic carbocycles. The largest absolute Gasteiger partial charge is 0.504 e. The molecule has 1 unspecified atom stereocenters. The van der Waals surface area contributed by atoms with E-state index in [4.69, 9.17) is 13.3 Å². The zero-order chi connectivity index (χ0) is 19.5. The Hall–Kier alpha value is 0.0969. The molecule has 1 atom stereocenters. The summed E-state index contributed by atoms with van der Waals surface area (Å²) in [6, 6.07) is 0. The first-order valence-electron chi connectivity index (χ1n) is 11.6. The minimum absolute atomic E-state index is 0.468. The van der Waals surface area contributed by atoms with Crippen LogP contribution in [-0.2, 0) is 13.3 Å². The third-order valence-electron chi connectivity index (χ3n) is 5.10. The predicted molar refractivity (Wildman–Crippen MR) is 116 cm³/mol. The summed E-state index contributed by atoms with van der Waals surface area (Å²) in [4.78, 5) is 0. The van der Waals surface area contributed by atoms with Gasteiger partial charge in [-0.25, -0.2) is 0 Å². The Balaban J connectivity index is 4.74. The van der Waals surface area contributed by atoms with E-state index in [0.717, 1.165) is 0 Å². The Labute approximate surface area is 165 Å². The van der Waals surface area contributed by atoms with E-state index in [-0.39, 0.29) is 0 Å². The van der Waals surface area contributed by atoms with Gasteiger partial charge in [0, 0.05) is 25.4 Å². The van der Waals surface area contributed by atoms with Crippen LogP contribution >= 0.6 is 0 Å². The van der Waals surface area contributed by atoms with Crippen molar-refractivity contribution in [2.75, 3.05) is 19.8 Å². The average molecular weight is 389 g/mol. The molecule has 3 nitrogen and oxygen atoms in total. The van der Waals surface area contributed by atoms with E-state index in [9.17, 15) is 0 Å². The minimum atomic E-state index is -2.57. The minimum Gasteiger partial charge on any atom is -0.374 e. The molecule has 0 amide bonds. The fourth-order valence-corrected chi connectivity index (χ4v) is 7.02. The number of rotatable bonds is 20. The highest BCUT2D eigenvalue weighted by Gasteiger charge is 2.48. The molecule has 0 aliphatic heterocycles. The Morgan fingerprint density at radius 2 is 0.846 bits per heavy atom. The van der Waals surface area contributed by atoms with Crippen LogP contribution in [0.5, 0.6) is 0 Å². The highest BCUT2D eigenvalue weighted by atomic mass is 28.4. The lowest BCUT2D eigenvalue weighted by atomic mass is 10.0. The second kappa shape index (κ2) is 18.5. The lowest BCUT2D eigenvalue weighted by Crippen LogP contribution is -2.50. The van der Waals surface area contributed by atoms with Crippen LogP contribution in [0.1, 0.15) is 118 Å². The number of unbranched alkanes of at least 4 members (excludes halogenated alkanes) is 9. The van der Waals surface area contributed by atoms with Crippen LogP contribution in [0.3, 0.4) is 0 Å². The highest BCUT2D eigenvalue weighted by Crippen LogP contribution is 2.36. The quantitative estimate of drug-likeness (QED) is 0.159. The summed E-state index contributed by atoms with van der Waals surface area (Å²) in [5.41, 5.74) is 0.468. The number of hydrogen-bond donors (Lipinski definition) is 0. The van der Waals surface area contributed by atoms with E-state index in [1.54, 1.807) is 0 Å². The summed E-state index contributed by atoms with van der Waals surface area (Å²) in [5, 5.41) is 0. The van der Waals surface area contributed by atoms with Crippen molar-refractivity contribution in [2.45, 2.75) is 124 Å². The Morgan fingerprint density at radius 3 is 1.19 bits per heavy atom. The van der Waals surface area contributed by atoms with Crippen molar-refractivity contribution >= 4 is 8.80 Å². The number of hydrogen-bond acceptors (Lipinski definition) is 3. The van der Waals surface area contributed by atoms with Crippen LogP contribution in [-0.4, -0.2) is 28.6 Å². The molecule has 0 aliphatic rings. The maximum atomic E-state index is 6.24. The van der Waals surface area contributed by atoms with Crippen LogP contribution in [0.25, 0.3) is 0 Å². The zero-order valence-corrected chi connectivity index (χ0v) is 19.6. The molecule has 0 radical (unpaired) electrons. The average Bonchev–Trinajstić information content (AvgIpc) is 2.63. The molecule has 0 aromatic rings. The fraction of sp³-hybridized carbons (Fsp3) is 1.00. The molecule has 0 aromatic carbocycles. The van der Waals surface area contributed by atoms with Gasteiger partial charge in [-0.2, -0.15) is 0 Å². The summed E-state index contributed by atoms with van der Waals surface area (Å²) >= 11 is 0. The maximum Gasteiger partial charge on any atom is 0.504 e. The van der Waals surface area contributed by atoms with Crippen LogP contribution < -0.4 is 0 Å². The molecular formula is C22H48O3Si. The van der Waals surface area contributed by atoms with E-state index < -0.39 is 8.80 Å². The third kappa shape index (κ3) is 11.7. The van der Waals surface area contributed by atoms with Crippen molar-refractivity contribution in [1.29, 1.82) is 0 Å². The predicted octanol–water partition coefficient (Wildman–Crippen LogP) is 7.52. The molecule has 158 valence electrons. The van der Waals surface area contributed by atoms with Crippen LogP contribution in [0.15, 0.2) is 0 Å². The van der Waals surface area contributed by atoms with E-state index in [0.29, 0.717) is 25.4 Å². The molecule has 0 aromatic heterocycles. The van der Waals surface area contributed by atoms with Crippen molar-refractivity contribution < 1.29 is 13.3 Å². The molecule has 4 heteroatoms. The fourth-order valence-electron chi connectivity index (χ4n) is 3.75. The summed E-state index contributed by atoms with van der Waals surface area (Å²) in [6.45, 7) is 12.8. The van der Waals surface area contributed by atoms with E-state index >= 15 is 0 Å². The molecule has 0 N–H and O–H groups in total. The van der Waals surface area contributed by atoms with Gasteiger partial charge >= 0.3 is 8.80 Å². The van der Waals surface area contributed by atoms with E-state index in [2.05, 4.69) is 34.6 Å². The summed E-state index contributed by atoms with van der Waals surface area (Å²) < 4.78 is 18.7. The van der Waals surface area contributed by atoms with Gasteiger partial charge in [0.15, 0.2) is 0 Å². The van der Waals surface area contributed by atoms with Gasteiger partial charge in [-0.3, -0.25) is 0 Å². The van der Waals surface area contributed by atoms with Crippen LogP contribution in [0, 0.1) is 0 Å². The molecule has 0 saturated carbocycles. The van der Waals surface area contributed by atoms with Crippen molar-refractivity contribution in [3.8, 4) is 0 Å². The van der Waals surface area contributed by atoms with E-state index in [1.807, 2.05) is 0 Å². The van der Waals surface area contributed by atoms with Gasteiger partial charge in [0.2, 0.25) is 0 Å². The van der Waals surface area contributed by atoms with Crippen molar-refractivity contribution in [2.24, 2.45) is 0 Å². The van der Waals surface area contributed by atoms with Gasteiger partial charge < -0.3 is 13.3 Å². The van der Waals surface area contributed by atoms with E-state index in [1.165, 1.54) is 83.5 Å². The topological polar surface area (TPSA) is 27.7 Å². The molecule has 0 spiro atoms. The second-order valence-corrected chi connectivity index (χ2v) is 10.2. The zero-order valence-electron chi connectivity index (χ0n) is 18.6. The monoisotopic (exact) mass is 388 g/mol. The first-order valence-corrected chi connectivity index (χ1v) is 13.4. The van der Waals surface area contributed by atoms with Crippen molar-refractivity contribution in [3.05, 3.63) is 0 Å². The molecule has 0 heterocycles. The third-order valence-corrected chi connectivity index (χ3v) is 8.75. The second-order valence-electron chi connectivity index (χ2n) is 7.36. The normalized spacial score (nSPS) is 13.3. The van der Waals surface area contributed by atoms with Gasteiger partial charge in [0.1, 0.15) is 0 Å². The van der Waals surface area contributed by atoms with Gasteiger partial charge in [0.05, 0.1) is 0 Å². The SMILES string of the molecule is CCCCCCCCC(CCCCCCC)[Si](OCC)(OCC)OCC. The summed E-state index contributed by atoms with van der Waals surface area (Å²) in [5.74, 6) is 0. The van der Waals surface area contributed by atoms with Crippen LogP contribution in [0.4, 0.5) is 0 Å². The molecule has 0 rings (SSSR count). The van der Waals surface area contributed by atoms with Crippen LogP contribution in [0.2, 0.25) is 5.54 Å². The standard InChI is InChI=1S/C22H48O3Si/c1-6-11-13-15-17-19-21-22(20-18-16-14-12-7-2)26(23-8-3,24-9-4)25-10-5/h22H,6-21H2,1-5H3. The van der Waals surface area contributed by atoms with Gasteiger partial charge in [-0.15, -0.1) is 0 Å². The van der Waals surface area contributed by atoms with Crippen molar-refractivity contribution in [3.63, 3.8) is 0 Å². The summed E-state index contributed by atoms with van der Waals surface area (Å²) in [6.07, 6.45) is 17.1. The molecule has 26 heavy (non-hydrogen) atoms. The van der Waals surface area contributed by atoms with Gasteiger partial charge in [-0.1, -0.05) is 84.5 Å². The van der Waals surface area contributed by atoms with Gasteiger partial charge in [-0.05, 0) is 33.6 Å². The smallest absolute Gasteiger partial charge is 0.374 e. The molecular weight excluding hydrogens is 340 g/mol. The first kappa shape index (κ1) is 26.1. The lowest BCUT2D eigenvalue weighted by molar-refractivity contribution is 0.0579. The Bertz CT molecular complexity index is 270. The lowest BCUT2D eigenvalue weighted by Gasteiger charge is -2.35. The summed E-state index contributed by atoms with van der Waals surface area (Å²) in [7, 11) is -2.57.